The van der Waals surface area contributed by atoms with E-state index in [1.165, 1.54) is 24.3 Å². The normalized spacial score (nSPS) is 12.2. The molecule has 2 aromatic rings. The maximum Gasteiger partial charge on any atom is 0.131 e. The Bertz CT molecular complexity index is 621. The molecule has 1 atom stereocenters. The topological polar surface area (TPSA) is 32.3 Å². The van der Waals surface area contributed by atoms with Crippen molar-refractivity contribution in [3.8, 4) is 0 Å². The Labute approximate surface area is 127 Å². The van der Waals surface area contributed by atoms with Crippen LogP contribution in [0.2, 0.25) is 0 Å². The molecule has 106 valence electrons. The second kappa shape index (κ2) is 6.45. The summed E-state index contributed by atoms with van der Waals surface area (Å²) in [4.78, 5) is 0. The summed E-state index contributed by atoms with van der Waals surface area (Å²) in [5.41, 5.74) is 0.643. The number of aliphatic hydroxyl groups excluding tert-OH is 1. The lowest BCUT2D eigenvalue weighted by molar-refractivity contribution is 0.186. The molecule has 2 nitrogen and oxygen atoms in total. The highest BCUT2D eigenvalue weighted by Gasteiger charge is 2.14. The Balaban J connectivity index is 2.06. The third kappa shape index (κ3) is 3.63. The summed E-state index contributed by atoms with van der Waals surface area (Å²) in [7, 11) is 0. The second-order valence-electron chi connectivity index (χ2n) is 4.19. The lowest BCUT2D eigenvalue weighted by Gasteiger charge is -2.15. The van der Waals surface area contributed by atoms with Gasteiger partial charge in [-0.05, 0) is 46.9 Å². The molecule has 0 fully saturated rings. The van der Waals surface area contributed by atoms with E-state index in [-0.39, 0.29) is 17.9 Å². The monoisotopic (exact) mass is 393 g/mol. The molecule has 6 heteroatoms. The van der Waals surface area contributed by atoms with Crippen molar-refractivity contribution in [2.45, 2.75) is 6.10 Å². The highest BCUT2D eigenvalue weighted by atomic mass is 127. The van der Waals surface area contributed by atoms with Gasteiger partial charge in [-0.1, -0.05) is 6.07 Å². The van der Waals surface area contributed by atoms with Crippen LogP contribution in [0.1, 0.15) is 11.7 Å². The standard InChI is InChI=1S/C14H11F3INO/c15-8-1-3-10(11(17)5-8)14(20)7-19-13-4-2-9(16)6-12(13)18/h1-6,14,19-20H,7H2. The van der Waals surface area contributed by atoms with E-state index in [4.69, 9.17) is 0 Å². The van der Waals surface area contributed by atoms with Crippen molar-refractivity contribution < 1.29 is 18.3 Å². The first kappa shape index (κ1) is 15.1. The van der Waals surface area contributed by atoms with Gasteiger partial charge in [0.1, 0.15) is 17.5 Å². The van der Waals surface area contributed by atoms with Crippen molar-refractivity contribution in [3.63, 3.8) is 0 Å². The number of hydrogen-bond donors (Lipinski definition) is 2. The first-order valence-electron chi connectivity index (χ1n) is 5.79. The third-order valence-corrected chi connectivity index (χ3v) is 3.63. The molecular weight excluding hydrogens is 382 g/mol. The van der Waals surface area contributed by atoms with Gasteiger partial charge < -0.3 is 10.4 Å². The van der Waals surface area contributed by atoms with Crippen molar-refractivity contribution in [1.29, 1.82) is 0 Å². The molecule has 0 bridgehead atoms. The SMILES string of the molecule is OC(CNc1ccc(F)cc1I)c1ccc(F)cc1F. The summed E-state index contributed by atoms with van der Waals surface area (Å²) in [5.74, 6) is -1.85. The summed E-state index contributed by atoms with van der Waals surface area (Å²) in [6.07, 6.45) is -1.13. The zero-order chi connectivity index (χ0) is 14.7. The molecule has 2 aromatic carbocycles. The number of aliphatic hydroxyl groups is 1. The maximum atomic E-state index is 13.5. The predicted molar refractivity (Wildman–Crippen MR) is 78.9 cm³/mol. The van der Waals surface area contributed by atoms with Crippen LogP contribution in [-0.4, -0.2) is 11.7 Å². The van der Waals surface area contributed by atoms with E-state index in [1.807, 2.05) is 22.6 Å². The summed E-state index contributed by atoms with van der Waals surface area (Å²) in [6, 6.07) is 7.17. The molecule has 0 aliphatic heterocycles. The van der Waals surface area contributed by atoms with Crippen molar-refractivity contribution >= 4 is 28.3 Å². The van der Waals surface area contributed by atoms with Crippen LogP contribution < -0.4 is 5.32 Å². The lowest BCUT2D eigenvalue weighted by atomic mass is 10.1. The van der Waals surface area contributed by atoms with Gasteiger partial charge in [0.2, 0.25) is 0 Å². The van der Waals surface area contributed by atoms with Crippen molar-refractivity contribution in [3.05, 3.63) is 63.0 Å². The Kier molecular flexibility index (Phi) is 4.87. The smallest absolute Gasteiger partial charge is 0.131 e. The molecule has 0 heterocycles. The first-order valence-corrected chi connectivity index (χ1v) is 6.87. The fraction of sp³-hybridized carbons (Fsp3) is 0.143. The fourth-order valence-corrected chi connectivity index (χ4v) is 2.39. The zero-order valence-corrected chi connectivity index (χ0v) is 12.4. The van der Waals surface area contributed by atoms with Crippen LogP contribution in [-0.2, 0) is 0 Å². The third-order valence-electron chi connectivity index (χ3n) is 2.74. The van der Waals surface area contributed by atoms with Crippen molar-refractivity contribution in [2.75, 3.05) is 11.9 Å². The van der Waals surface area contributed by atoms with Gasteiger partial charge in [-0.2, -0.15) is 0 Å². The number of hydrogen-bond acceptors (Lipinski definition) is 2. The number of nitrogens with one attached hydrogen (secondary N) is 1. The number of benzene rings is 2. The first-order chi connectivity index (χ1) is 9.47. The van der Waals surface area contributed by atoms with E-state index in [2.05, 4.69) is 5.32 Å². The second-order valence-corrected chi connectivity index (χ2v) is 5.35. The predicted octanol–water partition coefficient (Wildman–Crippen LogP) is 3.85. The molecule has 0 amide bonds. The molecular formula is C14H11F3INO. The van der Waals surface area contributed by atoms with Crippen LogP contribution in [0.5, 0.6) is 0 Å². The quantitative estimate of drug-likeness (QED) is 0.774. The zero-order valence-electron chi connectivity index (χ0n) is 10.2. The van der Waals surface area contributed by atoms with Crippen LogP contribution in [0.4, 0.5) is 18.9 Å². The summed E-state index contributed by atoms with van der Waals surface area (Å²) in [5, 5.41) is 12.8. The molecule has 0 aliphatic rings. The summed E-state index contributed by atoms with van der Waals surface area (Å²) < 4.78 is 39.8. The molecule has 20 heavy (non-hydrogen) atoms. The maximum absolute atomic E-state index is 13.5. The average Bonchev–Trinajstić information content (AvgIpc) is 2.37. The van der Waals surface area contributed by atoms with Crippen LogP contribution in [0.25, 0.3) is 0 Å². The van der Waals surface area contributed by atoms with Gasteiger partial charge in [0.25, 0.3) is 0 Å². The lowest BCUT2D eigenvalue weighted by Crippen LogP contribution is -2.14. The van der Waals surface area contributed by atoms with Crippen molar-refractivity contribution in [1.82, 2.24) is 0 Å². The number of halogens is 4. The molecule has 2 N–H and O–H groups in total. The molecule has 0 spiro atoms. The minimum absolute atomic E-state index is 0.0102. The average molecular weight is 393 g/mol. The van der Waals surface area contributed by atoms with Crippen molar-refractivity contribution in [2.24, 2.45) is 0 Å². The van der Waals surface area contributed by atoms with E-state index in [1.54, 1.807) is 0 Å². The highest BCUT2D eigenvalue weighted by molar-refractivity contribution is 14.1. The molecule has 2 rings (SSSR count). The minimum atomic E-state index is -1.13. The number of anilines is 1. The van der Waals surface area contributed by atoms with Gasteiger partial charge >= 0.3 is 0 Å². The van der Waals surface area contributed by atoms with E-state index in [0.717, 1.165) is 12.1 Å². The van der Waals surface area contributed by atoms with Gasteiger partial charge in [0.05, 0.1) is 6.10 Å². The fourth-order valence-electron chi connectivity index (χ4n) is 1.72. The minimum Gasteiger partial charge on any atom is -0.386 e. The van der Waals surface area contributed by atoms with Crippen LogP contribution in [0.15, 0.2) is 36.4 Å². The molecule has 0 radical (unpaired) electrons. The number of rotatable bonds is 4. The molecule has 0 aliphatic carbocycles. The molecule has 0 aromatic heterocycles. The van der Waals surface area contributed by atoms with E-state index in [0.29, 0.717) is 9.26 Å². The summed E-state index contributed by atoms with van der Waals surface area (Å²) >= 11 is 1.95. The van der Waals surface area contributed by atoms with E-state index >= 15 is 0 Å². The molecule has 0 saturated carbocycles. The van der Waals surface area contributed by atoms with Gasteiger partial charge in [-0.3, -0.25) is 0 Å². The highest BCUT2D eigenvalue weighted by Crippen LogP contribution is 2.22. The van der Waals surface area contributed by atoms with Gasteiger partial charge in [-0.25, -0.2) is 13.2 Å². The largest absolute Gasteiger partial charge is 0.386 e. The van der Waals surface area contributed by atoms with Gasteiger partial charge in [-0.15, -0.1) is 0 Å². The van der Waals surface area contributed by atoms with Gasteiger partial charge in [0.15, 0.2) is 0 Å². The summed E-state index contributed by atoms with van der Waals surface area (Å²) in [6.45, 7) is 0.0319. The van der Waals surface area contributed by atoms with Gasteiger partial charge in [0, 0.05) is 27.4 Å². The van der Waals surface area contributed by atoms with Crippen LogP contribution in [0.3, 0.4) is 0 Å². The van der Waals surface area contributed by atoms with Crippen LogP contribution in [0, 0.1) is 21.0 Å². The Morgan fingerprint density at radius 2 is 1.70 bits per heavy atom. The van der Waals surface area contributed by atoms with E-state index in [9.17, 15) is 18.3 Å². The molecule has 0 saturated heterocycles. The molecule has 1 unspecified atom stereocenters. The Morgan fingerprint density at radius 1 is 1.05 bits per heavy atom. The Hall–Kier alpha value is -1.28. The van der Waals surface area contributed by atoms with Crippen LogP contribution >= 0.6 is 22.6 Å². The van der Waals surface area contributed by atoms with E-state index < -0.39 is 17.7 Å². The Morgan fingerprint density at radius 3 is 2.35 bits per heavy atom.